The summed E-state index contributed by atoms with van der Waals surface area (Å²) in [6.07, 6.45) is 14.2. The Bertz CT molecular complexity index is 1120. The highest BCUT2D eigenvalue weighted by Gasteiger charge is 2.36. The number of hydrogen-bond acceptors (Lipinski definition) is 5. The molecule has 1 atom stereocenters. The average Bonchev–Trinajstić information content (AvgIpc) is 3.04. The largest absolute Gasteiger partial charge is 0.444 e. The van der Waals surface area contributed by atoms with Crippen molar-refractivity contribution in [2.75, 3.05) is 26.7 Å². The zero-order valence-electron chi connectivity index (χ0n) is 30.3. The van der Waals surface area contributed by atoms with E-state index in [9.17, 15) is 14.4 Å². The first-order valence-corrected chi connectivity index (χ1v) is 18.7. The number of piperidine rings is 1. The van der Waals surface area contributed by atoms with Gasteiger partial charge in [-0.15, -0.1) is 0 Å². The number of carbonyl (C=O) groups excluding carboxylic acids is 3. The lowest BCUT2D eigenvalue weighted by atomic mass is 9.75. The maximum absolute atomic E-state index is 13.8. The Balaban J connectivity index is 1.33. The molecule has 0 bridgehead atoms. The summed E-state index contributed by atoms with van der Waals surface area (Å²) >= 11 is 0. The molecule has 3 aliphatic rings. The lowest BCUT2D eigenvalue weighted by Crippen LogP contribution is -2.53. The Hall–Kier alpha value is -2.61. The van der Waals surface area contributed by atoms with Crippen LogP contribution in [0.2, 0.25) is 0 Å². The summed E-state index contributed by atoms with van der Waals surface area (Å²) in [7, 11) is 2.09. The molecular weight excluding hydrogens is 588 g/mol. The van der Waals surface area contributed by atoms with Crippen LogP contribution >= 0.6 is 0 Å². The predicted molar refractivity (Wildman–Crippen MR) is 189 cm³/mol. The molecule has 1 aromatic carbocycles. The Labute approximate surface area is 285 Å². The number of benzene rings is 1. The van der Waals surface area contributed by atoms with Gasteiger partial charge in [0.25, 0.3) is 0 Å². The molecular formula is C39H64N4O4. The van der Waals surface area contributed by atoms with Crippen LogP contribution in [0.1, 0.15) is 122 Å². The molecule has 1 heterocycles. The minimum atomic E-state index is -0.569. The molecule has 2 aliphatic carbocycles. The Kier molecular flexibility index (Phi) is 14.0. The Morgan fingerprint density at radius 1 is 0.894 bits per heavy atom. The predicted octanol–water partition coefficient (Wildman–Crippen LogP) is 7.03. The third-order valence-corrected chi connectivity index (χ3v) is 10.9. The van der Waals surface area contributed by atoms with Gasteiger partial charge in [0, 0.05) is 44.6 Å². The van der Waals surface area contributed by atoms with Gasteiger partial charge in [-0.05, 0) is 135 Å². The van der Waals surface area contributed by atoms with Crippen LogP contribution in [0.5, 0.6) is 0 Å². The molecule has 0 aromatic heterocycles. The topological polar surface area (TPSA) is 91.0 Å². The molecule has 264 valence electrons. The van der Waals surface area contributed by atoms with E-state index in [1.54, 1.807) is 0 Å². The van der Waals surface area contributed by atoms with Crippen LogP contribution in [-0.4, -0.2) is 78.1 Å². The molecule has 3 amide bonds. The van der Waals surface area contributed by atoms with Crippen molar-refractivity contribution in [2.24, 2.45) is 17.8 Å². The van der Waals surface area contributed by atoms with Crippen LogP contribution in [0.15, 0.2) is 24.3 Å². The highest BCUT2D eigenvalue weighted by molar-refractivity contribution is 5.88. The smallest absolute Gasteiger partial charge is 0.410 e. The SMILES string of the molecule is CCCC(=O)N[C@@H](Cc1ccc(C)cc1)C(=O)N1CCC(CN(C(=O)OC(C)(C)C)C2CCC(CC3CCC(NC)CC3)CC2)CC1. The van der Waals surface area contributed by atoms with Crippen LogP contribution in [-0.2, 0) is 20.7 Å². The highest BCUT2D eigenvalue weighted by Crippen LogP contribution is 2.37. The second-order valence-electron chi connectivity index (χ2n) is 15.9. The summed E-state index contributed by atoms with van der Waals surface area (Å²) in [5.41, 5.74) is 1.68. The quantitative estimate of drug-likeness (QED) is 0.253. The number of ether oxygens (including phenoxy) is 1. The van der Waals surface area contributed by atoms with Crippen molar-refractivity contribution in [1.82, 2.24) is 20.4 Å². The van der Waals surface area contributed by atoms with E-state index in [0.29, 0.717) is 44.4 Å². The first kappa shape index (κ1) is 37.2. The number of likely N-dealkylation sites (tertiary alicyclic amines) is 1. The maximum atomic E-state index is 13.8. The molecule has 1 aromatic rings. The van der Waals surface area contributed by atoms with E-state index >= 15 is 0 Å². The van der Waals surface area contributed by atoms with Crippen molar-refractivity contribution in [1.29, 1.82) is 0 Å². The number of aryl methyl sites for hydroxylation is 1. The van der Waals surface area contributed by atoms with Crippen molar-refractivity contribution in [3.63, 3.8) is 0 Å². The highest BCUT2D eigenvalue weighted by atomic mass is 16.6. The van der Waals surface area contributed by atoms with Crippen molar-refractivity contribution in [3.8, 4) is 0 Å². The van der Waals surface area contributed by atoms with Crippen LogP contribution in [0.4, 0.5) is 4.79 Å². The Morgan fingerprint density at radius 2 is 1.49 bits per heavy atom. The van der Waals surface area contributed by atoms with E-state index in [1.165, 1.54) is 50.5 Å². The molecule has 0 radical (unpaired) electrons. The van der Waals surface area contributed by atoms with E-state index in [2.05, 4.69) is 29.8 Å². The van der Waals surface area contributed by atoms with Crippen LogP contribution in [0.3, 0.4) is 0 Å². The Morgan fingerprint density at radius 3 is 2.04 bits per heavy atom. The lowest BCUT2D eigenvalue weighted by molar-refractivity contribution is -0.137. The van der Waals surface area contributed by atoms with E-state index < -0.39 is 11.6 Å². The molecule has 47 heavy (non-hydrogen) atoms. The summed E-state index contributed by atoms with van der Waals surface area (Å²) in [5.74, 6) is 1.86. The normalized spacial score (nSPS) is 24.8. The number of amides is 3. The second-order valence-corrected chi connectivity index (χ2v) is 15.9. The fourth-order valence-electron chi connectivity index (χ4n) is 8.03. The van der Waals surface area contributed by atoms with Gasteiger partial charge in [0.15, 0.2) is 0 Å². The molecule has 8 nitrogen and oxygen atoms in total. The van der Waals surface area contributed by atoms with Gasteiger partial charge in [0.05, 0.1) is 0 Å². The van der Waals surface area contributed by atoms with Crippen LogP contribution in [0, 0.1) is 24.7 Å². The van der Waals surface area contributed by atoms with Gasteiger partial charge in [-0.1, -0.05) is 36.8 Å². The van der Waals surface area contributed by atoms with Crippen molar-refractivity contribution in [3.05, 3.63) is 35.4 Å². The van der Waals surface area contributed by atoms with E-state index in [4.69, 9.17) is 4.74 Å². The van der Waals surface area contributed by atoms with E-state index in [-0.39, 0.29) is 23.9 Å². The van der Waals surface area contributed by atoms with Gasteiger partial charge in [-0.2, -0.15) is 0 Å². The molecule has 2 N–H and O–H groups in total. The number of carbonyl (C=O) groups is 3. The first-order valence-electron chi connectivity index (χ1n) is 18.7. The summed E-state index contributed by atoms with van der Waals surface area (Å²) in [4.78, 5) is 43.9. The van der Waals surface area contributed by atoms with Gasteiger partial charge in [0.2, 0.25) is 11.8 Å². The summed E-state index contributed by atoms with van der Waals surface area (Å²) in [5, 5.41) is 6.49. The lowest BCUT2D eigenvalue weighted by Gasteiger charge is -2.42. The molecule has 8 heteroatoms. The fourth-order valence-corrected chi connectivity index (χ4v) is 8.03. The molecule has 3 fully saturated rings. The maximum Gasteiger partial charge on any atom is 0.410 e. The minimum Gasteiger partial charge on any atom is -0.444 e. The van der Waals surface area contributed by atoms with Gasteiger partial charge in [0.1, 0.15) is 11.6 Å². The third kappa shape index (κ3) is 11.8. The molecule has 4 rings (SSSR count). The standard InChI is InChI=1S/C39H64N4O4/c1-7-8-36(44)41-35(26-31-11-9-28(2)10-12-31)37(45)42-23-21-32(22-24-42)27-43(38(46)47-39(3,4)5)34-19-15-30(16-20-34)25-29-13-17-33(40-6)18-14-29/h9-12,29-30,32-35,40H,7-8,13-27H2,1-6H3,(H,41,44)/t29?,30?,33?,34?,35-/m0/s1. The number of hydrogen-bond donors (Lipinski definition) is 2. The van der Waals surface area contributed by atoms with Crippen LogP contribution in [0.25, 0.3) is 0 Å². The molecule has 1 saturated heterocycles. The fraction of sp³-hybridized carbons (Fsp3) is 0.769. The van der Waals surface area contributed by atoms with Gasteiger partial charge >= 0.3 is 6.09 Å². The monoisotopic (exact) mass is 652 g/mol. The van der Waals surface area contributed by atoms with E-state index in [1.807, 2.05) is 56.6 Å². The molecule has 1 aliphatic heterocycles. The van der Waals surface area contributed by atoms with Crippen molar-refractivity contribution < 1.29 is 19.1 Å². The summed E-state index contributed by atoms with van der Waals surface area (Å²) in [6, 6.07) is 8.53. The molecule has 2 saturated carbocycles. The summed E-state index contributed by atoms with van der Waals surface area (Å²) in [6.45, 7) is 11.8. The van der Waals surface area contributed by atoms with Gasteiger partial charge < -0.3 is 25.2 Å². The minimum absolute atomic E-state index is 0.00441. The number of nitrogens with zero attached hydrogens (tertiary/aromatic N) is 2. The van der Waals surface area contributed by atoms with Crippen molar-refractivity contribution >= 4 is 17.9 Å². The van der Waals surface area contributed by atoms with Gasteiger partial charge in [-0.3, -0.25) is 9.59 Å². The van der Waals surface area contributed by atoms with Crippen LogP contribution < -0.4 is 10.6 Å². The summed E-state index contributed by atoms with van der Waals surface area (Å²) < 4.78 is 5.95. The zero-order chi connectivity index (χ0) is 34.0. The number of nitrogens with one attached hydrogen (secondary N) is 2. The third-order valence-electron chi connectivity index (χ3n) is 10.9. The average molecular weight is 653 g/mol. The molecule has 0 unspecified atom stereocenters. The second kappa shape index (κ2) is 17.7. The number of rotatable bonds is 12. The van der Waals surface area contributed by atoms with Crippen molar-refractivity contribution in [2.45, 2.75) is 148 Å². The van der Waals surface area contributed by atoms with E-state index in [0.717, 1.165) is 49.5 Å². The first-order chi connectivity index (χ1) is 22.4. The zero-order valence-corrected chi connectivity index (χ0v) is 30.3. The molecule has 0 spiro atoms. The van der Waals surface area contributed by atoms with Gasteiger partial charge in [-0.25, -0.2) is 4.79 Å².